The van der Waals surface area contributed by atoms with Crippen LogP contribution in [0, 0.1) is 0 Å². The molecule has 1 amide bonds. The predicted molar refractivity (Wildman–Crippen MR) is 103 cm³/mol. The van der Waals surface area contributed by atoms with Crippen LogP contribution in [-0.2, 0) is 14.8 Å². The molecule has 0 N–H and O–H groups in total. The molecule has 136 valence electrons. The summed E-state index contributed by atoms with van der Waals surface area (Å²) in [6.07, 6.45) is 6.90. The van der Waals surface area contributed by atoms with Gasteiger partial charge in [0.15, 0.2) is 0 Å². The Bertz CT molecular complexity index is 935. The Morgan fingerprint density at radius 1 is 1.15 bits per heavy atom. The molecule has 0 radical (unpaired) electrons. The maximum atomic E-state index is 13.1. The predicted octanol–water partition coefficient (Wildman–Crippen LogP) is 2.61. The lowest BCUT2D eigenvalue weighted by Crippen LogP contribution is -2.39. The molecule has 0 aromatic heterocycles. The van der Waals surface area contributed by atoms with E-state index >= 15 is 0 Å². The number of halogens is 1. The molecular weight excluding hydrogens is 418 g/mol. The molecule has 8 heteroatoms. The van der Waals surface area contributed by atoms with Crippen LogP contribution in [0.2, 0.25) is 0 Å². The van der Waals surface area contributed by atoms with Crippen molar-refractivity contribution in [2.45, 2.75) is 18.9 Å². The molecule has 1 fully saturated rings. The van der Waals surface area contributed by atoms with Crippen molar-refractivity contribution in [2.24, 2.45) is 4.40 Å². The molecule has 3 heterocycles. The molecule has 0 spiro atoms. The Kier molecular flexibility index (Phi) is 4.48. The number of hydrogen-bond acceptors (Lipinski definition) is 4. The van der Waals surface area contributed by atoms with Gasteiger partial charge in [-0.25, -0.2) is 8.42 Å². The summed E-state index contributed by atoms with van der Waals surface area (Å²) in [6.45, 7) is 1.04. The van der Waals surface area contributed by atoms with Crippen molar-refractivity contribution in [3.63, 3.8) is 0 Å². The Labute approximate surface area is 161 Å². The van der Waals surface area contributed by atoms with Gasteiger partial charge in [0.25, 0.3) is 15.9 Å². The fourth-order valence-corrected chi connectivity index (χ4v) is 4.77. The van der Waals surface area contributed by atoms with Crippen LogP contribution < -0.4 is 0 Å². The van der Waals surface area contributed by atoms with Gasteiger partial charge in [-0.15, -0.1) is 4.40 Å². The lowest BCUT2D eigenvalue weighted by molar-refractivity contribution is -0.127. The average molecular weight is 436 g/mol. The fourth-order valence-electron chi connectivity index (χ4n) is 3.53. The molecule has 1 atom stereocenters. The summed E-state index contributed by atoms with van der Waals surface area (Å²) in [5.41, 5.74) is 1.69. The first-order valence-corrected chi connectivity index (χ1v) is 10.9. The van der Waals surface area contributed by atoms with Crippen LogP contribution in [0.25, 0.3) is 0 Å². The molecule has 1 saturated heterocycles. The number of amides is 1. The highest BCUT2D eigenvalue weighted by Crippen LogP contribution is 2.34. The highest BCUT2D eigenvalue weighted by molar-refractivity contribution is 9.10. The van der Waals surface area contributed by atoms with Crippen molar-refractivity contribution in [3.8, 4) is 0 Å². The number of sulfonamides is 1. The number of carbonyl (C=O) groups is 1. The lowest BCUT2D eigenvalue weighted by atomic mass is 10.0. The third-order valence-corrected chi connectivity index (χ3v) is 6.53. The zero-order valence-electron chi connectivity index (χ0n) is 14.0. The SMILES string of the molecule is O=C(C1=CN2CCS(=O)(=O)N=C2C=C1)N1CCCC1c1ccc(Br)cc1. The van der Waals surface area contributed by atoms with Gasteiger partial charge in [-0.3, -0.25) is 4.79 Å². The van der Waals surface area contributed by atoms with Gasteiger partial charge in [0.1, 0.15) is 5.84 Å². The molecule has 1 aromatic rings. The van der Waals surface area contributed by atoms with Crippen LogP contribution >= 0.6 is 15.9 Å². The number of nitrogens with zero attached hydrogens (tertiary/aromatic N) is 3. The highest BCUT2D eigenvalue weighted by Gasteiger charge is 2.33. The summed E-state index contributed by atoms with van der Waals surface area (Å²) in [5, 5.41) is 0. The van der Waals surface area contributed by atoms with E-state index in [4.69, 9.17) is 0 Å². The third kappa shape index (κ3) is 3.35. The zero-order valence-corrected chi connectivity index (χ0v) is 16.4. The Balaban J connectivity index is 1.57. The Morgan fingerprint density at radius 3 is 2.69 bits per heavy atom. The molecule has 1 unspecified atom stereocenters. The van der Waals surface area contributed by atoms with Crippen LogP contribution in [-0.4, -0.2) is 48.8 Å². The molecule has 0 aliphatic carbocycles. The smallest absolute Gasteiger partial charge is 0.256 e. The Hall–Kier alpha value is -1.93. The van der Waals surface area contributed by atoms with Gasteiger partial charge in [-0.1, -0.05) is 28.1 Å². The lowest BCUT2D eigenvalue weighted by Gasteiger charge is -2.30. The minimum Gasteiger partial charge on any atom is -0.332 e. The normalized spacial score (nSPS) is 24.1. The van der Waals surface area contributed by atoms with Crippen molar-refractivity contribution in [1.29, 1.82) is 0 Å². The molecule has 26 heavy (non-hydrogen) atoms. The summed E-state index contributed by atoms with van der Waals surface area (Å²) in [4.78, 5) is 16.7. The second-order valence-electron chi connectivity index (χ2n) is 6.55. The molecule has 0 saturated carbocycles. The topological polar surface area (TPSA) is 70.0 Å². The molecule has 3 aliphatic rings. The summed E-state index contributed by atoms with van der Waals surface area (Å²) in [7, 11) is -3.39. The largest absolute Gasteiger partial charge is 0.332 e. The first kappa shape index (κ1) is 17.5. The third-order valence-electron chi connectivity index (χ3n) is 4.84. The van der Waals surface area contributed by atoms with Crippen LogP contribution in [0.4, 0.5) is 0 Å². The van der Waals surface area contributed by atoms with E-state index in [0.717, 1.165) is 29.4 Å². The van der Waals surface area contributed by atoms with Crippen molar-refractivity contribution < 1.29 is 13.2 Å². The monoisotopic (exact) mass is 435 g/mol. The quantitative estimate of drug-likeness (QED) is 0.715. The van der Waals surface area contributed by atoms with E-state index in [2.05, 4.69) is 20.3 Å². The summed E-state index contributed by atoms with van der Waals surface area (Å²) >= 11 is 3.44. The zero-order chi connectivity index (χ0) is 18.3. The summed E-state index contributed by atoms with van der Waals surface area (Å²) in [5.74, 6) is 0.311. The van der Waals surface area contributed by atoms with E-state index in [-0.39, 0.29) is 17.7 Å². The van der Waals surface area contributed by atoms with Gasteiger partial charge in [0.2, 0.25) is 0 Å². The summed E-state index contributed by atoms with van der Waals surface area (Å²) in [6, 6.07) is 8.15. The number of hydrogen-bond donors (Lipinski definition) is 0. The van der Waals surface area contributed by atoms with Crippen LogP contribution in [0.3, 0.4) is 0 Å². The molecule has 1 aromatic carbocycles. The summed E-state index contributed by atoms with van der Waals surface area (Å²) < 4.78 is 28.0. The highest BCUT2D eigenvalue weighted by atomic mass is 79.9. The van der Waals surface area contributed by atoms with E-state index < -0.39 is 10.0 Å². The van der Waals surface area contributed by atoms with Gasteiger partial charge in [-0.05, 0) is 42.7 Å². The first-order valence-electron chi connectivity index (χ1n) is 8.49. The van der Waals surface area contributed by atoms with Gasteiger partial charge in [-0.2, -0.15) is 0 Å². The van der Waals surface area contributed by atoms with Gasteiger partial charge < -0.3 is 9.80 Å². The minimum absolute atomic E-state index is 0.0286. The van der Waals surface area contributed by atoms with E-state index in [9.17, 15) is 13.2 Å². The van der Waals surface area contributed by atoms with Crippen LogP contribution in [0.15, 0.2) is 57.1 Å². The van der Waals surface area contributed by atoms with E-state index in [1.807, 2.05) is 29.2 Å². The minimum atomic E-state index is -3.39. The first-order chi connectivity index (χ1) is 12.4. The number of rotatable bonds is 2. The number of amidine groups is 1. The average Bonchev–Trinajstić information content (AvgIpc) is 3.10. The van der Waals surface area contributed by atoms with Crippen molar-refractivity contribution in [1.82, 2.24) is 9.80 Å². The number of carbonyl (C=O) groups excluding carboxylic acids is 1. The van der Waals surface area contributed by atoms with E-state index in [1.54, 1.807) is 23.3 Å². The van der Waals surface area contributed by atoms with Crippen molar-refractivity contribution >= 4 is 37.7 Å². The van der Waals surface area contributed by atoms with Crippen LogP contribution in [0.5, 0.6) is 0 Å². The molecular formula is C18H18BrN3O3S. The van der Waals surface area contributed by atoms with E-state index in [1.165, 1.54) is 0 Å². The van der Waals surface area contributed by atoms with Crippen molar-refractivity contribution in [2.75, 3.05) is 18.8 Å². The Morgan fingerprint density at radius 2 is 1.92 bits per heavy atom. The van der Waals surface area contributed by atoms with E-state index in [0.29, 0.717) is 18.0 Å². The maximum Gasteiger partial charge on any atom is 0.256 e. The standard InChI is InChI=1S/C18H18BrN3O3S/c19-15-6-3-13(4-7-15)16-2-1-9-22(16)18(23)14-5-8-17-20-26(24,25)11-10-21(17)12-14/h3-8,12,16H,1-2,9-11H2. The molecule has 0 bridgehead atoms. The van der Waals surface area contributed by atoms with Gasteiger partial charge in [0.05, 0.1) is 17.4 Å². The second-order valence-corrected chi connectivity index (χ2v) is 9.23. The number of benzene rings is 1. The fraction of sp³-hybridized carbons (Fsp3) is 0.333. The molecule has 6 nitrogen and oxygen atoms in total. The van der Waals surface area contributed by atoms with Gasteiger partial charge >= 0.3 is 0 Å². The van der Waals surface area contributed by atoms with Gasteiger partial charge in [0, 0.05) is 23.8 Å². The maximum absolute atomic E-state index is 13.1. The number of likely N-dealkylation sites (tertiary alicyclic amines) is 1. The molecule has 3 aliphatic heterocycles. The van der Waals surface area contributed by atoms with Crippen molar-refractivity contribution in [3.05, 3.63) is 58.2 Å². The molecule has 4 rings (SSSR count). The second kappa shape index (κ2) is 6.66. The number of fused-ring (bicyclic) bond motifs is 1. The van der Waals surface area contributed by atoms with Crippen LogP contribution in [0.1, 0.15) is 24.4 Å².